The number of nitrogen functional groups attached to an aromatic ring is 1. The molecule has 0 amide bonds. The summed E-state index contributed by atoms with van der Waals surface area (Å²) in [5.74, 6) is -4.31. The van der Waals surface area contributed by atoms with Crippen molar-refractivity contribution in [2.45, 2.75) is 57.5 Å². The molecule has 1 heterocycles. The fraction of sp³-hybridized carbons (Fsp3) is 0.500. The number of carbonyl (C=O) groups excluding carboxylic acids is 1. The Hall–Kier alpha value is -2.64. The minimum Gasteiger partial charge on any atom is -0.481 e. The molecule has 1 aromatic heterocycles. The third kappa shape index (κ3) is 7.42. The Morgan fingerprint density at radius 1 is 1.20 bits per heavy atom. The van der Waals surface area contributed by atoms with E-state index >= 15 is 0 Å². The highest BCUT2D eigenvalue weighted by Gasteiger charge is 2.28. The normalized spacial score (nSPS) is 19.3. The molecule has 1 aromatic carbocycles. The zero-order chi connectivity index (χ0) is 25.8. The van der Waals surface area contributed by atoms with E-state index in [9.17, 15) is 26.8 Å². The summed E-state index contributed by atoms with van der Waals surface area (Å²) in [5, 5.41) is 12.3. The number of rotatable bonds is 11. The highest BCUT2D eigenvalue weighted by atomic mass is 32.2. The Balaban J connectivity index is 1.53. The monoisotopic (exact) mass is 530 g/mol. The molecule has 1 fully saturated rings. The SMILES string of the molecule is C[C@H](CCC(=O)O)CS(=O)(=O)N[C@H]1CC[C@H](Nc2nc(N)c(C(=O)c3c(F)cccc3F)s2)CC1. The Morgan fingerprint density at radius 2 is 1.80 bits per heavy atom. The largest absolute Gasteiger partial charge is 0.481 e. The first kappa shape index (κ1) is 27.0. The number of nitrogens with two attached hydrogens (primary N) is 1. The second-order valence-electron chi connectivity index (χ2n) is 8.79. The van der Waals surface area contributed by atoms with E-state index in [0.717, 1.165) is 23.5 Å². The number of nitrogens with one attached hydrogen (secondary N) is 2. The quantitative estimate of drug-likeness (QED) is 0.323. The van der Waals surface area contributed by atoms with Crippen molar-refractivity contribution in [1.82, 2.24) is 9.71 Å². The lowest BCUT2D eigenvalue weighted by atomic mass is 9.92. The standard InChI is InChI=1S/C22H28F2N4O5S2/c1-12(5-10-17(29)30)11-35(32,33)28-14-8-6-13(7-9-14)26-22-27-21(25)20(34-22)19(31)18-15(23)3-2-4-16(18)24/h2-4,12-14,28H,5-11,25H2,1H3,(H,26,27)(H,29,30)/t12-,13-,14-/m1/s1. The molecule has 5 N–H and O–H groups in total. The van der Waals surface area contributed by atoms with Gasteiger partial charge in [0.2, 0.25) is 15.8 Å². The van der Waals surface area contributed by atoms with Crippen LogP contribution in [-0.2, 0) is 14.8 Å². The molecule has 2 aromatic rings. The van der Waals surface area contributed by atoms with E-state index in [0.29, 0.717) is 30.8 Å². The molecule has 0 radical (unpaired) electrons. The summed E-state index contributed by atoms with van der Waals surface area (Å²) in [4.78, 5) is 27.4. The highest BCUT2D eigenvalue weighted by molar-refractivity contribution is 7.89. The van der Waals surface area contributed by atoms with Gasteiger partial charge in [0.25, 0.3) is 0 Å². The van der Waals surface area contributed by atoms with Gasteiger partial charge in [-0.25, -0.2) is 26.9 Å². The number of carboxylic acids is 1. The van der Waals surface area contributed by atoms with Crippen LogP contribution in [0.3, 0.4) is 0 Å². The fourth-order valence-electron chi connectivity index (χ4n) is 4.04. The molecule has 0 unspecified atom stereocenters. The molecule has 0 spiro atoms. The van der Waals surface area contributed by atoms with Crippen molar-refractivity contribution >= 4 is 44.1 Å². The molecule has 0 bridgehead atoms. The molecular weight excluding hydrogens is 502 g/mol. The van der Waals surface area contributed by atoms with Crippen molar-refractivity contribution in [2.24, 2.45) is 5.92 Å². The summed E-state index contributed by atoms with van der Waals surface area (Å²) in [6.07, 6.45) is 2.63. The van der Waals surface area contributed by atoms with E-state index in [1.807, 2.05) is 0 Å². The van der Waals surface area contributed by atoms with Crippen molar-refractivity contribution in [3.63, 3.8) is 0 Å². The average Bonchev–Trinajstić information content (AvgIpc) is 3.13. The summed E-state index contributed by atoms with van der Waals surface area (Å²) in [6, 6.07) is 2.89. The van der Waals surface area contributed by atoms with Crippen LogP contribution >= 0.6 is 11.3 Å². The zero-order valence-electron chi connectivity index (χ0n) is 19.1. The van der Waals surface area contributed by atoms with Crippen LogP contribution in [0.15, 0.2) is 18.2 Å². The first-order valence-electron chi connectivity index (χ1n) is 11.2. The second-order valence-corrected chi connectivity index (χ2v) is 11.6. The Bertz CT molecular complexity index is 1160. The van der Waals surface area contributed by atoms with Crippen molar-refractivity contribution in [2.75, 3.05) is 16.8 Å². The second kappa shape index (κ2) is 11.4. The molecule has 1 atom stereocenters. The molecule has 0 aliphatic heterocycles. The number of hydrogen-bond acceptors (Lipinski definition) is 8. The van der Waals surface area contributed by atoms with E-state index in [1.54, 1.807) is 6.92 Å². The number of hydrogen-bond donors (Lipinski definition) is 4. The lowest BCUT2D eigenvalue weighted by molar-refractivity contribution is -0.137. The van der Waals surface area contributed by atoms with E-state index < -0.39 is 39.0 Å². The van der Waals surface area contributed by atoms with E-state index in [-0.39, 0.29) is 47.3 Å². The third-order valence-electron chi connectivity index (χ3n) is 5.81. The number of benzene rings is 1. The van der Waals surface area contributed by atoms with Gasteiger partial charge in [0.05, 0.1) is 11.3 Å². The van der Waals surface area contributed by atoms with Gasteiger partial charge < -0.3 is 16.2 Å². The number of nitrogens with zero attached hydrogens (tertiary/aromatic N) is 1. The number of aromatic nitrogens is 1. The van der Waals surface area contributed by atoms with Gasteiger partial charge in [0.1, 0.15) is 22.3 Å². The maximum atomic E-state index is 14.0. The van der Waals surface area contributed by atoms with Crippen LogP contribution in [-0.4, -0.2) is 48.1 Å². The molecule has 3 rings (SSSR count). The Morgan fingerprint density at radius 3 is 2.40 bits per heavy atom. The Labute approximate surface area is 206 Å². The highest BCUT2D eigenvalue weighted by Crippen LogP contribution is 2.31. The molecule has 192 valence electrons. The predicted molar refractivity (Wildman–Crippen MR) is 129 cm³/mol. The third-order valence-corrected chi connectivity index (χ3v) is 8.51. The van der Waals surface area contributed by atoms with Gasteiger partial charge in [0.15, 0.2) is 5.13 Å². The van der Waals surface area contributed by atoms with Crippen molar-refractivity contribution in [1.29, 1.82) is 0 Å². The maximum Gasteiger partial charge on any atom is 0.303 e. The van der Waals surface area contributed by atoms with Crippen LogP contribution in [0.4, 0.5) is 19.7 Å². The molecule has 13 heteroatoms. The summed E-state index contributed by atoms with van der Waals surface area (Å²) in [7, 11) is -3.54. The van der Waals surface area contributed by atoms with Crippen molar-refractivity contribution in [3.05, 3.63) is 40.3 Å². The number of carboxylic acid groups (broad SMARTS) is 1. The summed E-state index contributed by atoms with van der Waals surface area (Å²) in [6.45, 7) is 1.71. The van der Waals surface area contributed by atoms with Crippen LogP contribution in [0.5, 0.6) is 0 Å². The van der Waals surface area contributed by atoms with Crippen LogP contribution in [0, 0.1) is 17.6 Å². The zero-order valence-corrected chi connectivity index (χ0v) is 20.7. The molecule has 35 heavy (non-hydrogen) atoms. The van der Waals surface area contributed by atoms with Crippen molar-refractivity contribution < 1.29 is 31.9 Å². The maximum absolute atomic E-state index is 14.0. The van der Waals surface area contributed by atoms with Crippen LogP contribution in [0.1, 0.15) is 60.7 Å². The lowest BCUT2D eigenvalue weighted by Crippen LogP contribution is -2.41. The summed E-state index contributed by atoms with van der Waals surface area (Å²) >= 11 is 0.914. The number of carbonyl (C=O) groups is 2. The molecule has 1 saturated carbocycles. The van der Waals surface area contributed by atoms with Gasteiger partial charge in [-0.3, -0.25) is 9.59 Å². The lowest BCUT2D eigenvalue weighted by Gasteiger charge is -2.29. The van der Waals surface area contributed by atoms with Gasteiger partial charge in [-0.05, 0) is 50.2 Å². The van der Waals surface area contributed by atoms with E-state index in [1.165, 1.54) is 6.07 Å². The van der Waals surface area contributed by atoms with Gasteiger partial charge in [-0.2, -0.15) is 0 Å². The van der Waals surface area contributed by atoms with Gasteiger partial charge >= 0.3 is 5.97 Å². The average molecular weight is 531 g/mol. The topological polar surface area (TPSA) is 151 Å². The van der Waals surface area contributed by atoms with Gasteiger partial charge in [-0.1, -0.05) is 24.3 Å². The Kier molecular flexibility index (Phi) is 8.78. The van der Waals surface area contributed by atoms with E-state index in [4.69, 9.17) is 10.8 Å². The van der Waals surface area contributed by atoms with Crippen LogP contribution in [0.25, 0.3) is 0 Å². The minimum absolute atomic E-state index is 0.0380. The molecule has 1 aliphatic rings. The number of halogens is 2. The number of ketones is 1. The number of aliphatic carboxylic acids is 1. The predicted octanol–water partition coefficient (Wildman–Crippen LogP) is 3.38. The minimum atomic E-state index is -3.54. The van der Waals surface area contributed by atoms with E-state index in [2.05, 4.69) is 15.0 Å². The first-order chi connectivity index (χ1) is 16.4. The smallest absolute Gasteiger partial charge is 0.303 e. The van der Waals surface area contributed by atoms with Crippen LogP contribution in [0.2, 0.25) is 0 Å². The van der Waals surface area contributed by atoms with Gasteiger partial charge in [0, 0.05) is 18.5 Å². The van der Waals surface area contributed by atoms with Gasteiger partial charge in [-0.15, -0.1) is 0 Å². The van der Waals surface area contributed by atoms with Crippen molar-refractivity contribution in [3.8, 4) is 0 Å². The molecule has 0 saturated heterocycles. The number of sulfonamides is 1. The number of thiazole rings is 1. The molecule has 1 aliphatic carbocycles. The van der Waals surface area contributed by atoms with Crippen LogP contribution < -0.4 is 15.8 Å². The fourth-order valence-corrected chi connectivity index (χ4v) is 6.71. The summed E-state index contributed by atoms with van der Waals surface area (Å²) in [5.41, 5.74) is 5.16. The number of anilines is 2. The molecular formula is C22H28F2N4O5S2. The first-order valence-corrected chi connectivity index (χ1v) is 13.7. The summed E-state index contributed by atoms with van der Waals surface area (Å²) < 4.78 is 55.5. The molecule has 9 nitrogen and oxygen atoms in total.